The predicted molar refractivity (Wildman–Crippen MR) is 284 cm³/mol. The van der Waals surface area contributed by atoms with Gasteiger partial charge in [-0.3, -0.25) is 0 Å². The van der Waals surface area contributed by atoms with Crippen LogP contribution in [0.1, 0.15) is 22.3 Å². The molecule has 318 valence electrons. The van der Waals surface area contributed by atoms with Gasteiger partial charge in [0.05, 0.1) is 27.8 Å². The molecule has 12 aromatic rings. The molecule has 1 aromatic heterocycles. The highest BCUT2D eigenvalue weighted by Crippen LogP contribution is 2.66. The molecule has 68 heavy (non-hydrogen) atoms. The first-order valence-electron chi connectivity index (χ1n) is 23.5. The van der Waals surface area contributed by atoms with Crippen LogP contribution in [0.25, 0.3) is 60.5 Å². The topological polar surface area (TPSA) is 11.4 Å². The van der Waals surface area contributed by atoms with Gasteiger partial charge in [0.15, 0.2) is 0 Å². The summed E-state index contributed by atoms with van der Waals surface area (Å²) in [5.74, 6) is 0. The molecule has 3 nitrogen and oxygen atoms in total. The van der Waals surface area contributed by atoms with Crippen molar-refractivity contribution in [2.75, 3.05) is 9.80 Å². The average molecular weight is 866 g/mol. The minimum absolute atomic E-state index is 0.611. The van der Waals surface area contributed by atoms with Crippen molar-refractivity contribution in [1.82, 2.24) is 4.57 Å². The SMILES string of the molecule is c1ccc(N(c2ccc3c4ccccc4n(-c4ccccc4)c3c2)c2cccc3c2C2(c4ccccc4-c4cc(N(c5ccccc5)c5cccc6ccccc56)ccc42)c2ccccc2-3)cc1. The van der Waals surface area contributed by atoms with Gasteiger partial charge in [-0.15, -0.1) is 0 Å². The molecular weight excluding hydrogens is 823 g/mol. The highest BCUT2D eigenvalue weighted by atomic mass is 15.2. The summed E-state index contributed by atoms with van der Waals surface area (Å²) in [6.45, 7) is 0. The maximum absolute atomic E-state index is 2.51. The third-order valence-corrected chi connectivity index (χ3v) is 14.5. The van der Waals surface area contributed by atoms with Crippen LogP contribution in [0, 0.1) is 0 Å². The number of aromatic nitrogens is 1. The van der Waals surface area contributed by atoms with E-state index in [9.17, 15) is 0 Å². The summed E-state index contributed by atoms with van der Waals surface area (Å²) < 4.78 is 2.42. The Morgan fingerprint density at radius 3 is 1.54 bits per heavy atom. The van der Waals surface area contributed by atoms with Gasteiger partial charge in [-0.1, -0.05) is 182 Å². The summed E-state index contributed by atoms with van der Waals surface area (Å²) in [6.07, 6.45) is 0. The van der Waals surface area contributed by atoms with E-state index in [4.69, 9.17) is 0 Å². The van der Waals surface area contributed by atoms with Gasteiger partial charge in [0, 0.05) is 50.2 Å². The summed E-state index contributed by atoms with van der Waals surface area (Å²) in [6, 6.07) is 96.2. The minimum atomic E-state index is -0.611. The van der Waals surface area contributed by atoms with Crippen molar-refractivity contribution in [3.8, 4) is 27.9 Å². The minimum Gasteiger partial charge on any atom is -0.310 e. The molecule has 0 fully saturated rings. The molecule has 0 amide bonds. The molecule has 0 saturated heterocycles. The Kier molecular flexibility index (Phi) is 8.50. The molecule has 1 atom stereocenters. The Balaban J connectivity index is 1.04. The van der Waals surface area contributed by atoms with Crippen molar-refractivity contribution in [2.45, 2.75) is 5.41 Å². The zero-order valence-corrected chi connectivity index (χ0v) is 37.2. The van der Waals surface area contributed by atoms with Crippen LogP contribution in [-0.4, -0.2) is 4.57 Å². The van der Waals surface area contributed by atoms with E-state index >= 15 is 0 Å². The number of benzene rings is 11. The van der Waals surface area contributed by atoms with Gasteiger partial charge < -0.3 is 14.4 Å². The van der Waals surface area contributed by atoms with E-state index in [0.717, 1.165) is 39.8 Å². The number of hydrogen-bond donors (Lipinski definition) is 0. The van der Waals surface area contributed by atoms with Crippen molar-refractivity contribution < 1.29 is 0 Å². The van der Waals surface area contributed by atoms with Crippen LogP contribution in [0.5, 0.6) is 0 Å². The van der Waals surface area contributed by atoms with Crippen LogP contribution in [0.4, 0.5) is 34.1 Å². The maximum Gasteiger partial charge on any atom is 0.0746 e. The lowest BCUT2D eigenvalue weighted by molar-refractivity contribution is 0.793. The second-order valence-electron chi connectivity index (χ2n) is 18.0. The molecule has 1 unspecified atom stereocenters. The van der Waals surface area contributed by atoms with Gasteiger partial charge in [-0.05, 0) is 123 Å². The van der Waals surface area contributed by atoms with E-state index < -0.39 is 5.41 Å². The van der Waals surface area contributed by atoms with Crippen LogP contribution in [-0.2, 0) is 5.41 Å². The third-order valence-electron chi connectivity index (χ3n) is 14.5. The van der Waals surface area contributed by atoms with E-state index in [1.165, 1.54) is 77.1 Å². The molecule has 11 aromatic carbocycles. The predicted octanol–water partition coefficient (Wildman–Crippen LogP) is 17.2. The molecule has 2 aliphatic carbocycles. The lowest BCUT2D eigenvalue weighted by Gasteiger charge is -2.36. The largest absolute Gasteiger partial charge is 0.310 e. The van der Waals surface area contributed by atoms with Crippen LogP contribution in [0.2, 0.25) is 0 Å². The smallest absolute Gasteiger partial charge is 0.0746 e. The van der Waals surface area contributed by atoms with E-state index in [1.807, 2.05) is 0 Å². The van der Waals surface area contributed by atoms with Crippen molar-refractivity contribution in [2.24, 2.45) is 0 Å². The van der Waals surface area contributed by atoms with Crippen molar-refractivity contribution >= 4 is 66.7 Å². The number of nitrogens with zero attached hydrogens (tertiary/aromatic N) is 3. The molecule has 0 N–H and O–H groups in total. The van der Waals surface area contributed by atoms with Crippen molar-refractivity contribution in [3.05, 3.63) is 283 Å². The lowest BCUT2D eigenvalue weighted by Crippen LogP contribution is -2.28. The summed E-state index contributed by atoms with van der Waals surface area (Å²) in [5.41, 5.74) is 19.8. The van der Waals surface area contributed by atoms with Gasteiger partial charge >= 0.3 is 0 Å². The van der Waals surface area contributed by atoms with Gasteiger partial charge in [-0.2, -0.15) is 0 Å². The summed E-state index contributed by atoms with van der Waals surface area (Å²) in [5, 5.41) is 4.89. The molecule has 1 spiro atoms. The summed E-state index contributed by atoms with van der Waals surface area (Å²) in [4.78, 5) is 4.94. The second-order valence-corrected chi connectivity index (χ2v) is 18.0. The van der Waals surface area contributed by atoms with E-state index in [-0.39, 0.29) is 0 Å². The van der Waals surface area contributed by atoms with Crippen LogP contribution in [0.3, 0.4) is 0 Å². The summed E-state index contributed by atoms with van der Waals surface area (Å²) in [7, 11) is 0. The standard InChI is InChI=1S/C65H43N3/c1-4-22-45(23-5-1)66(60-36-18-21-44-20-10-11-28-50(44)60)48-39-41-59-56(42-48)52-30-13-16-34-58(52)65(59)57-33-15-12-29-51(57)55-32-19-37-62(64(55)65)67(46-24-6-2-7-25-46)49-38-40-54-53-31-14-17-35-61(53)68(63(54)43-49)47-26-8-3-9-27-47/h1-43H. The number of anilines is 6. The highest BCUT2D eigenvalue weighted by molar-refractivity contribution is 6.11. The van der Waals surface area contributed by atoms with Crippen molar-refractivity contribution in [1.29, 1.82) is 0 Å². The molecule has 3 heteroatoms. The molecule has 0 saturated carbocycles. The number of hydrogen-bond acceptors (Lipinski definition) is 2. The molecular formula is C65H43N3. The Morgan fingerprint density at radius 1 is 0.294 bits per heavy atom. The number of fused-ring (bicyclic) bond motifs is 14. The maximum atomic E-state index is 2.51. The van der Waals surface area contributed by atoms with Gasteiger partial charge in [0.25, 0.3) is 0 Å². The first-order chi connectivity index (χ1) is 33.8. The zero-order valence-electron chi connectivity index (χ0n) is 37.2. The third kappa shape index (κ3) is 5.47. The zero-order chi connectivity index (χ0) is 44.8. The first-order valence-corrected chi connectivity index (χ1v) is 23.5. The number of rotatable bonds is 7. The molecule has 0 aliphatic heterocycles. The highest BCUT2D eigenvalue weighted by Gasteiger charge is 2.53. The molecule has 2 aliphatic rings. The van der Waals surface area contributed by atoms with E-state index in [1.54, 1.807) is 0 Å². The fourth-order valence-corrected chi connectivity index (χ4v) is 11.9. The number of para-hydroxylation sites is 4. The van der Waals surface area contributed by atoms with Gasteiger partial charge in [0.2, 0.25) is 0 Å². The monoisotopic (exact) mass is 865 g/mol. The molecule has 1 heterocycles. The Hall–Kier alpha value is -8.92. The molecule has 0 bridgehead atoms. The Labute approximate surface area is 395 Å². The Bertz CT molecular complexity index is 3920. The lowest BCUT2D eigenvalue weighted by atomic mass is 9.70. The Morgan fingerprint density at radius 2 is 0.794 bits per heavy atom. The molecule has 14 rings (SSSR count). The quantitative estimate of drug-likeness (QED) is 0.158. The molecule has 0 radical (unpaired) electrons. The van der Waals surface area contributed by atoms with E-state index in [2.05, 4.69) is 275 Å². The summed E-state index contributed by atoms with van der Waals surface area (Å²) >= 11 is 0. The second kappa shape index (κ2) is 15.1. The van der Waals surface area contributed by atoms with Crippen molar-refractivity contribution in [3.63, 3.8) is 0 Å². The average Bonchev–Trinajstić information content (AvgIpc) is 4.01. The van der Waals surface area contributed by atoms with Crippen LogP contribution < -0.4 is 9.80 Å². The fraction of sp³-hybridized carbons (Fsp3) is 0.0154. The van der Waals surface area contributed by atoms with Gasteiger partial charge in [0.1, 0.15) is 0 Å². The fourth-order valence-electron chi connectivity index (χ4n) is 11.9. The van der Waals surface area contributed by atoms with Crippen LogP contribution in [0.15, 0.2) is 261 Å². The first kappa shape index (κ1) is 38.4. The van der Waals surface area contributed by atoms with Crippen LogP contribution >= 0.6 is 0 Å². The van der Waals surface area contributed by atoms with Gasteiger partial charge in [-0.25, -0.2) is 0 Å². The normalized spacial score (nSPS) is 14.2. The van der Waals surface area contributed by atoms with E-state index in [0.29, 0.717) is 0 Å².